The van der Waals surface area contributed by atoms with E-state index in [1.54, 1.807) is 0 Å². The summed E-state index contributed by atoms with van der Waals surface area (Å²) in [5.41, 5.74) is 2.32. The highest BCUT2D eigenvalue weighted by atomic mass is 16.3. The van der Waals surface area contributed by atoms with Crippen molar-refractivity contribution >= 4 is 0 Å². The fourth-order valence-electron chi connectivity index (χ4n) is 2.25. The average Bonchev–Trinajstić information content (AvgIpc) is 2.31. The summed E-state index contributed by atoms with van der Waals surface area (Å²) in [4.78, 5) is 6.75. The highest BCUT2D eigenvalue weighted by Gasteiger charge is 2.10. The second-order valence-corrected chi connectivity index (χ2v) is 4.47. The van der Waals surface area contributed by atoms with Crippen LogP contribution in [0.1, 0.15) is 30.5 Å². The number of likely N-dealkylation sites (tertiary alicyclic amines) is 1. The molecule has 0 atom stereocenters. The molecule has 0 aromatic carbocycles. The zero-order valence-electron chi connectivity index (χ0n) is 9.73. The first kappa shape index (κ1) is 11.6. The van der Waals surface area contributed by atoms with Crippen LogP contribution in [0.3, 0.4) is 0 Å². The minimum Gasteiger partial charge on any atom is -0.396 e. The van der Waals surface area contributed by atoms with E-state index < -0.39 is 0 Å². The molecule has 1 fully saturated rings. The van der Waals surface area contributed by atoms with E-state index >= 15 is 0 Å². The molecular formula is C13H20N2O. The lowest BCUT2D eigenvalue weighted by Crippen LogP contribution is -2.29. The molecule has 1 aliphatic heterocycles. The molecule has 1 aliphatic rings. The van der Waals surface area contributed by atoms with E-state index in [4.69, 9.17) is 5.11 Å². The molecule has 0 unspecified atom stereocenters. The van der Waals surface area contributed by atoms with Gasteiger partial charge < -0.3 is 5.11 Å². The average molecular weight is 220 g/mol. The second kappa shape index (κ2) is 5.97. The van der Waals surface area contributed by atoms with Crippen molar-refractivity contribution in [2.45, 2.75) is 32.2 Å². The molecule has 3 nitrogen and oxygen atoms in total. The van der Waals surface area contributed by atoms with Crippen LogP contribution in [-0.4, -0.2) is 34.7 Å². The first-order valence-corrected chi connectivity index (χ1v) is 6.15. The van der Waals surface area contributed by atoms with Crippen LogP contribution in [0.15, 0.2) is 18.3 Å². The van der Waals surface area contributed by atoms with E-state index in [2.05, 4.69) is 22.0 Å². The number of aromatic nitrogens is 1. The maximum Gasteiger partial charge on any atom is 0.0486 e. The smallest absolute Gasteiger partial charge is 0.0486 e. The molecule has 0 radical (unpaired) electrons. The Morgan fingerprint density at radius 2 is 2.06 bits per heavy atom. The molecule has 1 aromatic rings. The number of hydrogen-bond acceptors (Lipinski definition) is 3. The van der Waals surface area contributed by atoms with Crippen molar-refractivity contribution in [3.8, 4) is 0 Å². The Balaban J connectivity index is 1.94. The predicted molar refractivity (Wildman–Crippen MR) is 64.2 cm³/mol. The minimum absolute atomic E-state index is 0.181. The Labute approximate surface area is 97.1 Å². The van der Waals surface area contributed by atoms with Gasteiger partial charge in [-0.2, -0.15) is 0 Å². The monoisotopic (exact) mass is 220 g/mol. The van der Waals surface area contributed by atoms with Crippen LogP contribution >= 0.6 is 0 Å². The summed E-state index contributed by atoms with van der Waals surface area (Å²) in [5, 5.41) is 8.88. The zero-order chi connectivity index (χ0) is 11.2. The lowest BCUT2D eigenvalue weighted by molar-refractivity contribution is 0.220. The van der Waals surface area contributed by atoms with Gasteiger partial charge in [0.2, 0.25) is 0 Å². The lowest BCUT2D eigenvalue weighted by atomic mass is 10.1. The molecule has 16 heavy (non-hydrogen) atoms. The van der Waals surface area contributed by atoms with Gasteiger partial charge in [0.15, 0.2) is 0 Å². The van der Waals surface area contributed by atoms with Gasteiger partial charge in [-0.05, 0) is 43.6 Å². The fraction of sp³-hybridized carbons (Fsp3) is 0.615. The SMILES string of the molecule is OCCc1cc(CN2CCCCC2)ccn1. The number of pyridine rings is 1. The normalized spacial score (nSPS) is 17.6. The van der Waals surface area contributed by atoms with Gasteiger partial charge in [0.05, 0.1) is 0 Å². The van der Waals surface area contributed by atoms with Crippen LogP contribution in [0.25, 0.3) is 0 Å². The Kier molecular flexibility index (Phi) is 4.31. The van der Waals surface area contributed by atoms with Crippen molar-refractivity contribution in [2.75, 3.05) is 19.7 Å². The van der Waals surface area contributed by atoms with Gasteiger partial charge in [-0.1, -0.05) is 6.42 Å². The molecule has 0 aliphatic carbocycles. The quantitative estimate of drug-likeness (QED) is 0.837. The highest BCUT2D eigenvalue weighted by Crippen LogP contribution is 2.13. The van der Waals surface area contributed by atoms with Crippen LogP contribution < -0.4 is 0 Å². The summed E-state index contributed by atoms with van der Waals surface area (Å²) < 4.78 is 0. The van der Waals surface area contributed by atoms with Crippen molar-refractivity contribution < 1.29 is 5.11 Å². The van der Waals surface area contributed by atoms with Crippen molar-refractivity contribution in [1.29, 1.82) is 0 Å². The summed E-state index contributed by atoms with van der Waals surface area (Å²) in [6.07, 6.45) is 6.55. The zero-order valence-corrected chi connectivity index (χ0v) is 9.73. The van der Waals surface area contributed by atoms with Gasteiger partial charge in [0.1, 0.15) is 0 Å². The minimum atomic E-state index is 0.181. The Morgan fingerprint density at radius 1 is 1.25 bits per heavy atom. The standard InChI is InChI=1S/C13H20N2O/c16-9-5-13-10-12(4-6-14-13)11-15-7-2-1-3-8-15/h4,6,10,16H,1-3,5,7-9,11H2. The van der Waals surface area contributed by atoms with Gasteiger partial charge in [-0.3, -0.25) is 9.88 Å². The number of piperidine rings is 1. The summed E-state index contributed by atoms with van der Waals surface area (Å²) in [7, 11) is 0. The highest BCUT2D eigenvalue weighted by molar-refractivity contribution is 5.16. The number of aliphatic hydroxyl groups is 1. The third-order valence-corrected chi connectivity index (χ3v) is 3.10. The number of rotatable bonds is 4. The molecule has 1 saturated heterocycles. The molecule has 0 saturated carbocycles. The van der Waals surface area contributed by atoms with Gasteiger partial charge in [-0.25, -0.2) is 0 Å². The maximum absolute atomic E-state index is 8.88. The van der Waals surface area contributed by atoms with Crippen LogP contribution in [0.5, 0.6) is 0 Å². The molecule has 0 spiro atoms. The number of aliphatic hydroxyl groups excluding tert-OH is 1. The van der Waals surface area contributed by atoms with E-state index in [1.807, 2.05) is 6.20 Å². The largest absolute Gasteiger partial charge is 0.396 e. The Bertz CT molecular complexity index is 321. The molecule has 3 heteroatoms. The molecule has 2 heterocycles. The molecule has 2 rings (SSSR count). The van der Waals surface area contributed by atoms with Gasteiger partial charge >= 0.3 is 0 Å². The van der Waals surface area contributed by atoms with E-state index in [0.717, 1.165) is 12.2 Å². The molecule has 88 valence electrons. The molecular weight excluding hydrogens is 200 g/mol. The topological polar surface area (TPSA) is 36.4 Å². The summed E-state index contributed by atoms with van der Waals surface area (Å²) in [6, 6.07) is 4.19. The van der Waals surface area contributed by atoms with E-state index in [9.17, 15) is 0 Å². The van der Waals surface area contributed by atoms with Crippen molar-refractivity contribution in [3.63, 3.8) is 0 Å². The summed E-state index contributed by atoms with van der Waals surface area (Å²) >= 11 is 0. The third-order valence-electron chi connectivity index (χ3n) is 3.10. The van der Waals surface area contributed by atoms with Crippen LogP contribution in [-0.2, 0) is 13.0 Å². The molecule has 0 amide bonds. The first-order chi connectivity index (χ1) is 7.88. The second-order valence-electron chi connectivity index (χ2n) is 4.47. The summed E-state index contributed by atoms with van der Waals surface area (Å²) in [5.74, 6) is 0. The number of nitrogens with zero attached hydrogens (tertiary/aromatic N) is 2. The predicted octanol–water partition coefficient (Wildman–Crippen LogP) is 1.60. The van der Waals surface area contributed by atoms with Crippen LogP contribution in [0, 0.1) is 0 Å². The van der Waals surface area contributed by atoms with Gasteiger partial charge in [0, 0.05) is 31.5 Å². The van der Waals surface area contributed by atoms with Gasteiger partial charge in [0.25, 0.3) is 0 Å². The van der Waals surface area contributed by atoms with E-state index in [0.29, 0.717) is 6.42 Å². The summed E-state index contributed by atoms with van der Waals surface area (Å²) in [6.45, 7) is 3.65. The maximum atomic E-state index is 8.88. The molecule has 1 N–H and O–H groups in total. The molecule has 0 bridgehead atoms. The van der Waals surface area contributed by atoms with Crippen LogP contribution in [0.2, 0.25) is 0 Å². The first-order valence-electron chi connectivity index (χ1n) is 6.15. The van der Waals surface area contributed by atoms with E-state index in [1.165, 1.54) is 37.9 Å². The third kappa shape index (κ3) is 3.29. The van der Waals surface area contributed by atoms with Crippen molar-refractivity contribution in [2.24, 2.45) is 0 Å². The lowest BCUT2D eigenvalue weighted by Gasteiger charge is -2.26. The Hall–Kier alpha value is -0.930. The van der Waals surface area contributed by atoms with Crippen molar-refractivity contribution in [3.05, 3.63) is 29.6 Å². The fourth-order valence-corrected chi connectivity index (χ4v) is 2.25. The van der Waals surface area contributed by atoms with Crippen molar-refractivity contribution in [1.82, 2.24) is 9.88 Å². The molecule has 1 aromatic heterocycles. The Morgan fingerprint density at radius 3 is 2.81 bits per heavy atom. The number of hydrogen-bond donors (Lipinski definition) is 1. The van der Waals surface area contributed by atoms with Crippen LogP contribution in [0.4, 0.5) is 0 Å². The van der Waals surface area contributed by atoms with Gasteiger partial charge in [-0.15, -0.1) is 0 Å². The van der Waals surface area contributed by atoms with E-state index in [-0.39, 0.29) is 6.61 Å².